The highest BCUT2D eigenvalue weighted by Gasteiger charge is 2.12. The quantitative estimate of drug-likeness (QED) is 0.295. The lowest BCUT2D eigenvalue weighted by Crippen LogP contribution is -2.17. The molecule has 6 nitrogen and oxygen atoms in total. The van der Waals surface area contributed by atoms with E-state index in [1.54, 1.807) is 42.6 Å². The minimum Gasteiger partial charge on any atom is -0.490 e. The number of carbonyl (C=O) groups excluding carboxylic acids is 1. The number of rotatable bonds is 8. The van der Waals surface area contributed by atoms with Gasteiger partial charge in [-0.3, -0.25) is 9.78 Å². The Labute approximate surface area is 198 Å². The summed E-state index contributed by atoms with van der Waals surface area (Å²) >= 11 is 15.7. The van der Waals surface area contributed by atoms with Gasteiger partial charge in [-0.05, 0) is 59.3 Å². The molecule has 2 aromatic carbocycles. The number of amides is 1. The lowest BCUT2D eigenvalue weighted by molar-refractivity contribution is 0.0955. The molecule has 1 heterocycles. The maximum atomic E-state index is 12.1. The van der Waals surface area contributed by atoms with Gasteiger partial charge in [0.2, 0.25) is 0 Å². The number of hydrogen-bond acceptors (Lipinski definition) is 5. The predicted octanol–water partition coefficient (Wildman–Crippen LogP) is 5.89. The van der Waals surface area contributed by atoms with Crippen LogP contribution in [0.1, 0.15) is 28.4 Å². The second-order valence-corrected chi connectivity index (χ2v) is 7.92. The van der Waals surface area contributed by atoms with Crippen molar-refractivity contribution in [3.05, 3.63) is 86.1 Å². The summed E-state index contributed by atoms with van der Waals surface area (Å²) in [7, 11) is 0. The number of hydrogen-bond donors (Lipinski definition) is 1. The third kappa shape index (κ3) is 6.43. The second-order valence-electron chi connectivity index (χ2n) is 6.22. The van der Waals surface area contributed by atoms with Crippen molar-refractivity contribution < 1.29 is 14.3 Å². The van der Waals surface area contributed by atoms with Gasteiger partial charge in [-0.15, -0.1) is 0 Å². The molecule has 0 aliphatic carbocycles. The van der Waals surface area contributed by atoms with E-state index in [0.29, 0.717) is 43.8 Å². The first-order valence-electron chi connectivity index (χ1n) is 9.24. The average Bonchev–Trinajstić information content (AvgIpc) is 2.76. The second kappa shape index (κ2) is 11.1. The molecule has 0 unspecified atom stereocenters. The maximum absolute atomic E-state index is 12.1. The first-order chi connectivity index (χ1) is 15.0. The summed E-state index contributed by atoms with van der Waals surface area (Å²) in [5, 5.41) is 5.10. The third-order valence-corrected chi connectivity index (χ3v) is 5.33. The zero-order valence-corrected chi connectivity index (χ0v) is 19.5. The zero-order chi connectivity index (χ0) is 22.2. The molecule has 0 saturated heterocycles. The van der Waals surface area contributed by atoms with E-state index in [4.69, 9.17) is 32.7 Å². The molecule has 9 heteroatoms. The molecule has 31 heavy (non-hydrogen) atoms. The number of benzene rings is 2. The summed E-state index contributed by atoms with van der Waals surface area (Å²) in [5.41, 5.74) is 4.39. The number of carbonyl (C=O) groups is 1. The van der Waals surface area contributed by atoms with E-state index >= 15 is 0 Å². The van der Waals surface area contributed by atoms with Crippen molar-refractivity contribution in [1.29, 1.82) is 0 Å². The fourth-order valence-corrected chi connectivity index (χ4v) is 3.44. The van der Waals surface area contributed by atoms with Crippen LogP contribution in [0.2, 0.25) is 10.0 Å². The highest BCUT2D eigenvalue weighted by molar-refractivity contribution is 9.10. The lowest BCUT2D eigenvalue weighted by atomic mass is 10.2. The van der Waals surface area contributed by atoms with Crippen LogP contribution >= 0.6 is 39.1 Å². The summed E-state index contributed by atoms with van der Waals surface area (Å²) in [6.07, 6.45) is 4.57. The van der Waals surface area contributed by atoms with E-state index in [2.05, 4.69) is 31.4 Å². The number of nitrogens with one attached hydrogen (secondary N) is 1. The van der Waals surface area contributed by atoms with Gasteiger partial charge in [0.25, 0.3) is 5.91 Å². The van der Waals surface area contributed by atoms with Gasteiger partial charge in [0.15, 0.2) is 11.5 Å². The van der Waals surface area contributed by atoms with E-state index in [0.717, 1.165) is 5.56 Å². The van der Waals surface area contributed by atoms with E-state index in [-0.39, 0.29) is 12.5 Å². The Morgan fingerprint density at radius 2 is 2.00 bits per heavy atom. The fourth-order valence-electron chi connectivity index (χ4n) is 2.55. The molecule has 0 radical (unpaired) electrons. The summed E-state index contributed by atoms with van der Waals surface area (Å²) in [5.74, 6) is 0.720. The SMILES string of the molecule is CCOc1cc(/C=N\NC(=O)c2cccnc2)c(Br)cc1OCc1ccc(Cl)cc1Cl. The van der Waals surface area contributed by atoms with Gasteiger partial charge in [-0.1, -0.05) is 29.3 Å². The van der Waals surface area contributed by atoms with Crippen LogP contribution in [0.4, 0.5) is 0 Å². The summed E-state index contributed by atoms with van der Waals surface area (Å²) in [6.45, 7) is 2.58. The summed E-state index contributed by atoms with van der Waals surface area (Å²) in [6, 6.07) is 12.1. The molecule has 3 aromatic rings. The van der Waals surface area contributed by atoms with Crippen LogP contribution in [-0.4, -0.2) is 23.7 Å². The number of hydrazone groups is 1. The topological polar surface area (TPSA) is 72.8 Å². The van der Waals surface area contributed by atoms with E-state index in [9.17, 15) is 4.79 Å². The van der Waals surface area contributed by atoms with Crippen molar-refractivity contribution in [2.24, 2.45) is 5.10 Å². The summed E-state index contributed by atoms with van der Waals surface area (Å²) < 4.78 is 12.4. The smallest absolute Gasteiger partial charge is 0.272 e. The van der Waals surface area contributed by atoms with Gasteiger partial charge in [0.05, 0.1) is 18.4 Å². The van der Waals surface area contributed by atoms with Crippen LogP contribution in [0.25, 0.3) is 0 Å². The Balaban J connectivity index is 1.74. The first kappa shape index (κ1) is 23.1. The van der Waals surface area contributed by atoms with Gasteiger partial charge >= 0.3 is 0 Å². The van der Waals surface area contributed by atoms with Crippen molar-refractivity contribution in [3.63, 3.8) is 0 Å². The molecule has 1 aromatic heterocycles. The van der Waals surface area contributed by atoms with Crippen molar-refractivity contribution in [1.82, 2.24) is 10.4 Å². The molecule has 0 aliphatic rings. The highest BCUT2D eigenvalue weighted by Crippen LogP contribution is 2.34. The molecule has 1 N–H and O–H groups in total. The van der Waals surface area contributed by atoms with Crippen molar-refractivity contribution in [2.45, 2.75) is 13.5 Å². The van der Waals surface area contributed by atoms with Gasteiger partial charge in [0.1, 0.15) is 6.61 Å². The number of aromatic nitrogens is 1. The normalized spacial score (nSPS) is 10.8. The predicted molar refractivity (Wildman–Crippen MR) is 125 cm³/mol. The van der Waals surface area contributed by atoms with Crippen molar-refractivity contribution >= 4 is 51.3 Å². The number of ether oxygens (including phenoxy) is 2. The maximum Gasteiger partial charge on any atom is 0.272 e. The van der Waals surface area contributed by atoms with Crippen LogP contribution in [-0.2, 0) is 6.61 Å². The number of pyridine rings is 1. The number of halogens is 3. The Morgan fingerprint density at radius 1 is 1.19 bits per heavy atom. The largest absolute Gasteiger partial charge is 0.490 e. The van der Waals surface area contributed by atoms with Gasteiger partial charge < -0.3 is 9.47 Å². The Kier molecular flexibility index (Phi) is 8.28. The summed E-state index contributed by atoms with van der Waals surface area (Å²) in [4.78, 5) is 16.0. The molecule has 0 saturated carbocycles. The van der Waals surface area contributed by atoms with E-state index in [1.165, 1.54) is 12.4 Å². The Morgan fingerprint density at radius 3 is 2.71 bits per heavy atom. The van der Waals surface area contributed by atoms with Crippen molar-refractivity contribution in [2.75, 3.05) is 6.61 Å². The fraction of sp³-hybridized carbons (Fsp3) is 0.136. The Hall–Kier alpha value is -2.61. The van der Waals surface area contributed by atoms with E-state index in [1.807, 2.05) is 13.0 Å². The minimum absolute atomic E-state index is 0.247. The lowest BCUT2D eigenvalue weighted by Gasteiger charge is -2.14. The highest BCUT2D eigenvalue weighted by atomic mass is 79.9. The Bertz CT molecular complexity index is 1090. The van der Waals surface area contributed by atoms with Crippen LogP contribution in [0, 0.1) is 0 Å². The standard InChI is InChI=1S/C22H18BrCl2N3O3/c1-2-30-20-8-16(12-27-28-22(29)14-4-3-7-26-11-14)18(23)10-21(20)31-13-15-5-6-17(24)9-19(15)25/h3-12H,2,13H2,1H3,(H,28,29)/b27-12-. The van der Waals surface area contributed by atoms with E-state index < -0.39 is 0 Å². The molecule has 0 atom stereocenters. The van der Waals surface area contributed by atoms with Crippen LogP contribution < -0.4 is 14.9 Å². The molecular weight excluding hydrogens is 505 g/mol. The van der Waals surface area contributed by atoms with Gasteiger partial charge in [-0.2, -0.15) is 5.10 Å². The van der Waals surface area contributed by atoms with Gasteiger partial charge in [-0.25, -0.2) is 5.43 Å². The molecule has 1 amide bonds. The van der Waals surface area contributed by atoms with Gasteiger partial charge in [0, 0.05) is 38.0 Å². The monoisotopic (exact) mass is 521 g/mol. The minimum atomic E-state index is -0.356. The van der Waals surface area contributed by atoms with Crippen LogP contribution in [0.15, 0.2) is 64.4 Å². The molecular formula is C22H18BrCl2N3O3. The molecule has 0 aliphatic heterocycles. The van der Waals surface area contributed by atoms with Crippen LogP contribution in [0.5, 0.6) is 11.5 Å². The molecule has 160 valence electrons. The zero-order valence-electron chi connectivity index (χ0n) is 16.4. The first-order valence-corrected chi connectivity index (χ1v) is 10.8. The third-order valence-electron chi connectivity index (χ3n) is 4.05. The van der Waals surface area contributed by atoms with Crippen molar-refractivity contribution in [3.8, 4) is 11.5 Å². The van der Waals surface area contributed by atoms with Crippen LogP contribution in [0.3, 0.4) is 0 Å². The number of nitrogens with zero attached hydrogens (tertiary/aromatic N) is 2. The molecule has 0 bridgehead atoms. The molecule has 0 fully saturated rings. The molecule has 0 spiro atoms. The molecule has 3 rings (SSSR count). The average molecular weight is 523 g/mol.